The maximum Gasteiger partial charge on any atom is 0.338 e. The highest BCUT2D eigenvalue weighted by molar-refractivity contribution is 7.99. The Morgan fingerprint density at radius 2 is 1.97 bits per heavy atom. The summed E-state index contributed by atoms with van der Waals surface area (Å²) in [6.45, 7) is 6.51. The van der Waals surface area contributed by atoms with Crippen LogP contribution in [-0.4, -0.2) is 33.1 Å². The van der Waals surface area contributed by atoms with Gasteiger partial charge in [-0.3, -0.25) is 0 Å². The number of esters is 1. The first-order chi connectivity index (χ1) is 14.0. The minimum Gasteiger partial charge on any atom is -0.462 e. The largest absolute Gasteiger partial charge is 0.462 e. The van der Waals surface area contributed by atoms with Crippen molar-refractivity contribution in [1.29, 1.82) is 0 Å². The quantitative estimate of drug-likeness (QED) is 0.321. The molecule has 0 saturated carbocycles. The Hall–Kier alpha value is -1.99. The van der Waals surface area contributed by atoms with Crippen molar-refractivity contribution in [2.75, 3.05) is 17.7 Å². The number of rotatable bonds is 9. The van der Waals surface area contributed by atoms with E-state index in [4.69, 9.17) is 21.4 Å². The van der Waals surface area contributed by atoms with E-state index >= 15 is 0 Å². The first kappa shape index (κ1) is 21.7. The molecule has 0 saturated heterocycles. The Bertz CT molecular complexity index is 879. The van der Waals surface area contributed by atoms with Gasteiger partial charge < -0.3 is 10.1 Å². The Kier molecular flexibility index (Phi) is 7.61. The molecule has 3 rings (SSSR count). The zero-order chi connectivity index (χ0) is 20.8. The van der Waals surface area contributed by atoms with E-state index < -0.39 is 6.04 Å². The fourth-order valence-electron chi connectivity index (χ4n) is 3.10. The maximum absolute atomic E-state index is 12.9. The summed E-state index contributed by atoms with van der Waals surface area (Å²) < 4.78 is 7.32. The van der Waals surface area contributed by atoms with Crippen molar-refractivity contribution in [3.05, 3.63) is 46.1 Å². The van der Waals surface area contributed by atoms with Crippen molar-refractivity contribution in [3.63, 3.8) is 0 Å². The molecule has 2 aromatic rings. The number of ether oxygens (including phenoxy) is 1. The van der Waals surface area contributed by atoms with Crippen LogP contribution in [0.1, 0.15) is 58.1 Å². The number of benzene rings is 1. The lowest BCUT2D eigenvalue weighted by atomic mass is 9.96. The number of anilines is 1. The number of hydrogen-bond acceptors (Lipinski definition) is 6. The Labute approximate surface area is 181 Å². The van der Waals surface area contributed by atoms with Crippen LogP contribution in [-0.2, 0) is 9.53 Å². The second-order valence-corrected chi connectivity index (χ2v) is 8.47. The summed E-state index contributed by atoms with van der Waals surface area (Å²) in [4.78, 5) is 17.6. The van der Waals surface area contributed by atoms with Gasteiger partial charge in [0.05, 0.1) is 12.2 Å². The third-order valence-electron chi connectivity index (χ3n) is 4.70. The number of thioether (sulfide) groups is 1. The predicted molar refractivity (Wildman–Crippen MR) is 117 cm³/mol. The van der Waals surface area contributed by atoms with Gasteiger partial charge in [-0.2, -0.15) is 4.98 Å². The zero-order valence-corrected chi connectivity index (χ0v) is 18.6. The molecule has 0 fully saturated rings. The zero-order valence-electron chi connectivity index (χ0n) is 17.1. The second kappa shape index (κ2) is 10.2. The molecule has 2 heterocycles. The van der Waals surface area contributed by atoms with Crippen molar-refractivity contribution in [3.8, 4) is 0 Å². The predicted octanol–water partition coefficient (Wildman–Crippen LogP) is 5.46. The molecule has 1 N–H and O–H groups in total. The van der Waals surface area contributed by atoms with Gasteiger partial charge in [-0.05, 0) is 37.5 Å². The van der Waals surface area contributed by atoms with Gasteiger partial charge >= 0.3 is 5.97 Å². The Morgan fingerprint density at radius 3 is 2.66 bits per heavy atom. The van der Waals surface area contributed by atoms with Crippen LogP contribution in [0.15, 0.2) is 40.7 Å². The summed E-state index contributed by atoms with van der Waals surface area (Å²) >= 11 is 7.71. The molecule has 1 aliphatic rings. The summed E-state index contributed by atoms with van der Waals surface area (Å²) in [5.74, 6) is 1.26. The van der Waals surface area contributed by atoms with Gasteiger partial charge in [0, 0.05) is 16.5 Å². The molecule has 0 radical (unpaired) electrons. The van der Waals surface area contributed by atoms with Crippen molar-refractivity contribution < 1.29 is 9.53 Å². The van der Waals surface area contributed by atoms with Gasteiger partial charge in [-0.15, -0.1) is 5.10 Å². The van der Waals surface area contributed by atoms with E-state index in [-0.39, 0.29) is 5.97 Å². The molecule has 1 aliphatic heterocycles. The summed E-state index contributed by atoms with van der Waals surface area (Å²) in [6.07, 6.45) is 4.04. The standard InChI is InChI=1S/C21H27ClN4O2S/c1-4-6-12-28-19(27)17-14(3)23-20-24-21(29-13-7-5-2)25-26(20)18(17)15-8-10-16(22)11-9-15/h8-11,18H,4-7,12-13H2,1-3H3,(H,23,24,25). The van der Waals surface area contributed by atoms with Gasteiger partial charge in [0.25, 0.3) is 0 Å². The van der Waals surface area contributed by atoms with Crippen LogP contribution in [0.4, 0.5) is 5.95 Å². The van der Waals surface area contributed by atoms with Crippen molar-refractivity contribution in [2.24, 2.45) is 0 Å². The summed E-state index contributed by atoms with van der Waals surface area (Å²) in [5, 5.41) is 9.28. The molecular weight excluding hydrogens is 408 g/mol. The Balaban J connectivity index is 1.97. The van der Waals surface area contributed by atoms with Gasteiger partial charge in [0.2, 0.25) is 11.1 Å². The fraction of sp³-hybridized carbons (Fsp3) is 0.476. The van der Waals surface area contributed by atoms with E-state index in [1.54, 1.807) is 16.4 Å². The third-order valence-corrected chi connectivity index (χ3v) is 5.87. The number of halogens is 1. The molecule has 0 spiro atoms. The maximum atomic E-state index is 12.9. The number of hydrogen-bond donors (Lipinski definition) is 1. The van der Waals surface area contributed by atoms with Gasteiger partial charge in [0.15, 0.2) is 0 Å². The average molecular weight is 435 g/mol. The van der Waals surface area contributed by atoms with Crippen LogP contribution >= 0.6 is 23.4 Å². The van der Waals surface area contributed by atoms with E-state index in [1.165, 1.54) is 0 Å². The van der Waals surface area contributed by atoms with Gasteiger partial charge in [-0.25, -0.2) is 9.48 Å². The molecule has 0 amide bonds. The van der Waals surface area contributed by atoms with E-state index in [9.17, 15) is 4.79 Å². The molecule has 156 valence electrons. The number of nitrogens with one attached hydrogen (secondary N) is 1. The van der Waals surface area contributed by atoms with Crippen LogP contribution in [0.5, 0.6) is 0 Å². The lowest BCUT2D eigenvalue weighted by Gasteiger charge is -2.28. The van der Waals surface area contributed by atoms with Crippen molar-refractivity contribution in [2.45, 2.75) is 57.7 Å². The first-order valence-electron chi connectivity index (χ1n) is 10.0. The minimum absolute atomic E-state index is 0.329. The SMILES string of the molecule is CCCCOC(=O)C1=C(C)Nc2nc(SCCCC)nn2C1c1ccc(Cl)cc1. The number of allylic oxidation sites excluding steroid dienone is 1. The number of unbranched alkanes of at least 4 members (excludes halogenated alkanes) is 2. The normalized spacial score (nSPS) is 15.8. The van der Waals surface area contributed by atoms with Crippen molar-refractivity contribution >= 4 is 35.3 Å². The molecule has 8 heteroatoms. The molecule has 6 nitrogen and oxygen atoms in total. The monoisotopic (exact) mass is 434 g/mol. The molecule has 0 bridgehead atoms. The van der Waals surface area contributed by atoms with E-state index in [2.05, 4.69) is 24.1 Å². The van der Waals surface area contributed by atoms with E-state index in [0.717, 1.165) is 42.7 Å². The highest BCUT2D eigenvalue weighted by atomic mass is 35.5. The summed E-state index contributed by atoms with van der Waals surface area (Å²) in [5.41, 5.74) is 2.19. The van der Waals surface area contributed by atoms with Gasteiger partial charge in [-0.1, -0.05) is 62.2 Å². The van der Waals surface area contributed by atoms with Crippen LogP contribution in [0, 0.1) is 0 Å². The molecule has 1 aromatic carbocycles. The lowest BCUT2D eigenvalue weighted by Crippen LogP contribution is -2.29. The van der Waals surface area contributed by atoms with Crippen molar-refractivity contribution in [1.82, 2.24) is 14.8 Å². The molecule has 1 unspecified atom stereocenters. The highest BCUT2D eigenvalue weighted by Gasteiger charge is 2.35. The van der Waals surface area contributed by atoms with Gasteiger partial charge in [0.1, 0.15) is 6.04 Å². The minimum atomic E-state index is -0.411. The van der Waals surface area contributed by atoms with E-state index in [1.807, 2.05) is 31.2 Å². The fourth-order valence-corrected chi connectivity index (χ4v) is 4.14. The Morgan fingerprint density at radius 1 is 1.24 bits per heavy atom. The first-order valence-corrected chi connectivity index (χ1v) is 11.4. The number of aromatic nitrogens is 3. The average Bonchev–Trinajstić information content (AvgIpc) is 3.10. The number of nitrogens with zero attached hydrogens (tertiary/aromatic N) is 3. The summed E-state index contributed by atoms with van der Waals surface area (Å²) in [6, 6.07) is 7.06. The smallest absolute Gasteiger partial charge is 0.338 e. The topological polar surface area (TPSA) is 69.0 Å². The number of fused-ring (bicyclic) bond motifs is 1. The summed E-state index contributed by atoms with van der Waals surface area (Å²) in [7, 11) is 0. The van der Waals surface area contributed by atoms with Crippen LogP contribution in [0.2, 0.25) is 5.02 Å². The molecule has 1 atom stereocenters. The molecule has 1 aromatic heterocycles. The van der Waals surface area contributed by atoms with Crippen LogP contribution < -0.4 is 5.32 Å². The number of carbonyl (C=O) groups excluding carboxylic acids is 1. The molecule has 29 heavy (non-hydrogen) atoms. The van der Waals surface area contributed by atoms with Crippen LogP contribution in [0.25, 0.3) is 0 Å². The van der Waals surface area contributed by atoms with Crippen LogP contribution in [0.3, 0.4) is 0 Å². The molecular formula is C21H27ClN4O2S. The third kappa shape index (κ3) is 5.14. The second-order valence-electron chi connectivity index (χ2n) is 6.97. The number of carbonyl (C=O) groups is 1. The molecule has 0 aliphatic carbocycles. The van der Waals surface area contributed by atoms with E-state index in [0.29, 0.717) is 28.3 Å². The highest BCUT2D eigenvalue weighted by Crippen LogP contribution is 2.37. The lowest BCUT2D eigenvalue weighted by molar-refractivity contribution is -0.139.